The number of anilines is 1. The number of amides is 1. The number of fused-ring (bicyclic) bond motifs is 1. The number of carbonyl (C=O) groups excluding carboxylic acids is 1. The highest BCUT2D eigenvalue weighted by molar-refractivity contribution is 8.04. The minimum Gasteiger partial charge on any atom is -0.348 e. The van der Waals surface area contributed by atoms with Crippen molar-refractivity contribution in [2.45, 2.75) is 39.7 Å². The Balaban J connectivity index is 1.68. The van der Waals surface area contributed by atoms with Crippen molar-refractivity contribution in [1.82, 2.24) is 20.6 Å². The van der Waals surface area contributed by atoms with Gasteiger partial charge in [0.1, 0.15) is 5.65 Å². The number of aromatic nitrogens is 2. The number of H-pyrrole nitrogens is 1. The molecule has 0 aliphatic carbocycles. The number of rotatable bonds is 8. The van der Waals surface area contributed by atoms with Gasteiger partial charge >= 0.3 is 0 Å². The van der Waals surface area contributed by atoms with Crippen LogP contribution in [0.4, 0.5) is 5.69 Å². The molecule has 1 atom stereocenters. The second-order valence-corrected chi connectivity index (χ2v) is 8.13. The molecule has 0 saturated heterocycles. The first-order valence-electron chi connectivity index (χ1n) is 9.65. The van der Waals surface area contributed by atoms with Gasteiger partial charge in [0.15, 0.2) is 0 Å². The summed E-state index contributed by atoms with van der Waals surface area (Å²) in [6.07, 6.45) is 8.10. The molecule has 0 saturated carbocycles. The molecular formula is C20H29N5OS. The van der Waals surface area contributed by atoms with Crippen molar-refractivity contribution in [2.24, 2.45) is 0 Å². The maximum Gasteiger partial charge on any atom is 0.259 e. The first kappa shape index (κ1) is 19.8. The van der Waals surface area contributed by atoms with Crippen molar-refractivity contribution >= 4 is 34.4 Å². The molecule has 7 heteroatoms. The summed E-state index contributed by atoms with van der Waals surface area (Å²) < 4.78 is 0. The van der Waals surface area contributed by atoms with Crippen LogP contribution in [0, 0.1) is 6.92 Å². The third-order valence-corrected chi connectivity index (χ3v) is 5.67. The molecule has 0 radical (unpaired) electrons. The molecule has 2 aromatic heterocycles. The van der Waals surface area contributed by atoms with E-state index in [0.717, 1.165) is 59.0 Å². The Morgan fingerprint density at radius 1 is 1.48 bits per heavy atom. The van der Waals surface area contributed by atoms with Crippen LogP contribution in [0.2, 0.25) is 0 Å². The molecule has 1 aliphatic heterocycles. The van der Waals surface area contributed by atoms with E-state index in [1.165, 1.54) is 6.42 Å². The van der Waals surface area contributed by atoms with Crippen molar-refractivity contribution in [2.75, 3.05) is 30.3 Å². The number of hydrogen-bond donors (Lipinski definition) is 3. The smallest absolute Gasteiger partial charge is 0.259 e. The van der Waals surface area contributed by atoms with Crippen molar-refractivity contribution in [3.05, 3.63) is 35.1 Å². The summed E-state index contributed by atoms with van der Waals surface area (Å²) in [6.45, 7) is 8.96. The zero-order chi connectivity index (χ0) is 19.2. The third-order valence-electron chi connectivity index (χ3n) is 4.68. The van der Waals surface area contributed by atoms with Crippen molar-refractivity contribution in [3.63, 3.8) is 0 Å². The highest BCUT2D eigenvalue weighted by Gasteiger charge is 2.21. The average Bonchev–Trinajstić information content (AvgIpc) is 3.06. The highest BCUT2D eigenvalue weighted by Crippen LogP contribution is 2.32. The Morgan fingerprint density at radius 3 is 3.15 bits per heavy atom. The predicted molar refractivity (Wildman–Crippen MR) is 114 cm³/mol. The Hall–Kier alpha value is -1.99. The lowest BCUT2D eigenvalue weighted by Gasteiger charge is -2.27. The Morgan fingerprint density at radius 2 is 2.33 bits per heavy atom. The number of thioether (sulfide) groups is 1. The van der Waals surface area contributed by atoms with Gasteiger partial charge in [0.05, 0.1) is 10.6 Å². The molecular weight excluding hydrogens is 358 g/mol. The summed E-state index contributed by atoms with van der Waals surface area (Å²) in [5.74, 6) is 0.890. The summed E-state index contributed by atoms with van der Waals surface area (Å²) in [5, 5.41) is 7.62. The molecule has 0 aromatic carbocycles. The topological polar surface area (TPSA) is 73.0 Å². The Labute approximate surface area is 165 Å². The molecule has 1 unspecified atom stereocenters. The molecule has 6 nitrogen and oxygen atoms in total. The molecule has 27 heavy (non-hydrogen) atoms. The van der Waals surface area contributed by atoms with Crippen LogP contribution in [0.25, 0.3) is 11.0 Å². The second-order valence-electron chi connectivity index (χ2n) is 6.99. The van der Waals surface area contributed by atoms with Gasteiger partial charge in [-0.1, -0.05) is 13.3 Å². The highest BCUT2D eigenvalue weighted by atomic mass is 32.2. The molecule has 3 heterocycles. The van der Waals surface area contributed by atoms with E-state index in [1.807, 2.05) is 31.6 Å². The summed E-state index contributed by atoms with van der Waals surface area (Å²) in [4.78, 5) is 23.2. The number of nitrogens with zero attached hydrogens (tertiary/aromatic N) is 2. The van der Waals surface area contributed by atoms with E-state index in [4.69, 9.17) is 0 Å². The fourth-order valence-electron chi connectivity index (χ4n) is 3.22. The number of carbonyl (C=O) groups is 1. The number of nitrogens with one attached hydrogen (secondary N) is 3. The maximum absolute atomic E-state index is 12.7. The van der Waals surface area contributed by atoms with Gasteiger partial charge in [0, 0.05) is 48.9 Å². The molecule has 2 aromatic rings. The summed E-state index contributed by atoms with van der Waals surface area (Å²) in [7, 11) is 0. The van der Waals surface area contributed by atoms with E-state index in [1.54, 1.807) is 11.8 Å². The zero-order valence-electron chi connectivity index (χ0n) is 16.3. The van der Waals surface area contributed by atoms with E-state index >= 15 is 0 Å². The normalized spacial score (nSPS) is 15.7. The van der Waals surface area contributed by atoms with Gasteiger partial charge in [-0.15, -0.1) is 11.8 Å². The Bertz CT molecular complexity index is 816. The molecule has 1 amide bonds. The second kappa shape index (κ2) is 9.28. The van der Waals surface area contributed by atoms with Crippen LogP contribution in [-0.4, -0.2) is 47.3 Å². The molecule has 3 N–H and O–H groups in total. The molecule has 146 valence electrons. The first-order valence-corrected chi connectivity index (χ1v) is 10.6. The number of aromatic amines is 1. The zero-order valence-corrected chi connectivity index (χ0v) is 17.2. The summed E-state index contributed by atoms with van der Waals surface area (Å²) >= 11 is 1.62. The van der Waals surface area contributed by atoms with Crippen LogP contribution in [0.3, 0.4) is 0 Å². The minimum absolute atomic E-state index is 0.00517. The van der Waals surface area contributed by atoms with Gasteiger partial charge in [-0.25, -0.2) is 4.98 Å². The first-order chi connectivity index (χ1) is 13.1. The summed E-state index contributed by atoms with van der Waals surface area (Å²) in [5.41, 5.74) is 3.14. The van der Waals surface area contributed by atoms with E-state index < -0.39 is 0 Å². The number of hydrogen-bond acceptors (Lipinski definition) is 5. The molecule has 3 rings (SSSR count). The third kappa shape index (κ3) is 4.84. The van der Waals surface area contributed by atoms with Gasteiger partial charge in [0.25, 0.3) is 5.91 Å². The molecule has 0 bridgehead atoms. The minimum atomic E-state index is 0.00517. The van der Waals surface area contributed by atoms with Crippen LogP contribution >= 0.6 is 11.8 Å². The predicted octanol–water partition coefficient (Wildman–Crippen LogP) is 3.16. The van der Waals surface area contributed by atoms with Gasteiger partial charge in [0.2, 0.25) is 0 Å². The number of unbranched alkanes of at least 4 members (excludes halogenated alkanes) is 1. The van der Waals surface area contributed by atoms with Gasteiger partial charge in [-0.05, 0) is 38.4 Å². The van der Waals surface area contributed by atoms with Gasteiger partial charge in [-0.2, -0.15) is 0 Å². The standard InChI is InChI=1S/C20H29N5OS/c1-4-5-7-21-12-15(3)24-20(26)17-13-25(9-10-27-17)16-6-8-22-19-18(16)14(2)11-23-19/h6,8,11,13,15,21H,4-5,7,9-10,12H2,1-3H3,(H,22,23)(H,24,26). The largest absolute Gasteiger partial charge is 0.348 e. The van der Waals surface area contributed by atoms with Crippen molar-refractivity contribution in [3.8, 4) is 0 Å². The number of aryl methyl sites for hydroxylation is 1. The molecule has 0 fully saturated rings. The van der Waals surface area contributed by atoms with E-state index in [0.29, 0.717) is 0 Å². The Kier molecular flexibility index (Phi) is 6.79. The lowest BCUT2D eigenvalue weighted by atomic mass is 10.2. The monoisotopic (exact) mass is 387 g/mol. The van der Waals surface area contributed by atoms with Crippen molar-refractivity contribution < 1.29 is 4.79 Å². The molecule has 1 aliphatic rings. The van der Waals surface area contributed by atoms with E-state index in [9.17, 15) is 4.79 Å². The van der Waals surface area contributed by atoms with Gasteiger partial charge < -0.3 is 20.5 Å². The fraction of sp³-hybridized carbons (Fsp3) is 0.500. The summed E-state index contributed by atoms with van der Waals surface area (Å²) in [6, 6.07) is 2.12. The van der Waals surface area contributed by atoms with Crippen LogP contribution in [-0.2, 0) is 4.79 Å². The van der Waals surface area contributed by atoms with E-state index in [2.05, 4.69) is 39.3 Å². The van der Waals surface area contributed by atoms with Crippen LogP contribution in [0.5, 0.6) is 0 Å². The van der Waals surface area contributed by atoms with Crippen LogP contribution in [0.1, 0.15) is 32.3 Å². The number of pyridine rings is 1. The average molecular weight is 388 g/mol. The SMILES string of the molecule is CCCCNCC(C)NC(=O)C1=CN(c2ccnc3[nH]cc(C)c23)CCS1. The van der Waals surface area contributed by atoms with E-state index in [-0.39, 0.29) is 11.9 Å². The molecule has 0 spiro atoms. The fourth-order valence-corrected chi connectivity index (χ4v) is 4.12. The van der Waals surface area contributed by atoms with Crippen LogP contribution < -0.4 is 15.5 Å². The van der Waals surface area contributed by atoms with Crippen molar-refractivity contribution in [1.29, 1.82) is 0 Å². The lowest BCUT2D eigenvalue weighted by Crippen LogP contribution is -2.41. The van der Waals surface area contributed by atoms with Gasteiger partial charge in [-0.3, -0.25) is 4.79 Å². The quantitative estimate of drug-likeness (QED) is 0.607. The van der Waals surface area contributed by atoms with Crippen LogP contribution in [0.15, 0.2) is 29.6 Å². The lowest BCUT2D eigenvalue weighted by molar-refractivity contribution is -0.117. The maximum atomic E-state index is 12.7.